The molecule has 0 unspecified atom stereocenters. The van der Waals surface area contributed by atoms with Crippen molar-refractivity contribution in [2.45, 2.75) is 82.2 Å². The van der Waals surface area contributed by atoms with Gasteiger partial charge in [0, 0.05) is 13.8 Å². The van der Waals surface area contributed by atoms with Crippen LogP contribution in [0.1, 0.15) is 62.2 Å². The van der Waals surface area contributed by atoms with Crippen LogP contribution in [0.15, 0.2) is 134 Å². The summed E-state index contributed by atoms with van der Waals surface area (Å²) in [5.74, 6) is -4.98. The van der Waals surface area contributed by atoms with Crippen LogP contribution in [0.5, 0.6) is 0 Å². The Morgan fingerprint density at radius 1 is 0.508 bits per heavy atom. The first kappa shape index (κ1) is 45.8. The van der Waals surface area contributed by atoms with E-state index >= 15 is 0 Å². The second kappa shape index (κ2) is 21.9. The van der Waals surface area contributed by atoms with Crippen LogP contribution >= 0.6 is 0 Å². The molecule has 6 rings (SSSR count). The fraction of sp³-hybridized carbons (Fsp3) is 0.319. The lowest BCUT2D eigenvalue weighted by Crippen LogP contribution is -2.66. The van der Waals surface area contributed by atoms with Gasteiger partial charge in [0.15, 0.2) is 49.2 Å². The third-order valence-corrected chi connectivity index (χ3v) is 9.75. The number of ether oxygens (including phenoxy) is 10. The summed E-state index contributed by atoms with van der Waals surface area (Å²) in [6.07, 6.45) is -13.9. The van der Waals surface area contributed by atoms with E-state index in [1.165, 1.54) is 61.5 Å². The fourth-order valence-corrected chi connectivity index (χ4v) is 6.84. The highest BCUT2D eigenvalue weighted by Crippen LogP contribution is 2.36. The number of rotatable bonds is 16. The molecule has 0 N–H and O–H groups in total. The van der Waals surface area contributed by atoms with Crippen LogP contribution in [0.2, 0.25) is 0 Å². The van der Waals surface area contributed by atoms with Crippen LogP contribution in [-0.2, 0) is 57.0 Å². The van der Waals surface area contributed by atoms with E-state index in [4.69, 9.17) is 47.4 Å². The van der Waals surface area contributed by atoms with Crippen LogP contribution in [0.4, 0.5) is 0 Å². The maximum absolute atomic E-state index is 14.0. The Hall–Kier alpha value is -6.72. The molecular formula is C47H46O16. The average Bonchev–Trinajstić information content (AvgIpc) is 3.29. The van der Waals surface area contributed by atoms with Gasteiger partial charge < -0.3 is 47.4 Å². The van der Waals surface area contributed by atoms with E-state index in [2.05, 4.69) is 6.58 Å². The van der Waals surface area contributed by atoms with Crippen molar-refractivity contribution >= 4 is 35.8 Å². The summed E-state index contributed by atoms with van der Waals surface area (Å²) in [4.78, 5) is 80.1. The molecule has 0 amide bonds. The molecule has 2 saturated heterocycles. The minimum absolute atomic E-state index is 0.0898. The molecule has 16 heteroatoms. The summed E-state index contributed by atoms with van der Waals surface area (Å²) in [7, 11) is 0. The van der Waals surface area contributed by atoms with E-state index in [9.17, 15) is 28.8 Å². The van der Waals surface area contributed by atoms with E-state index < -0.39 is 104 Å². The topological polar surface area (TPSA) is 195 Å². The zero-order chi connectivity index (χ0) is 44.9. The van der Waals surface area contributed by atoms with E-state index in [0.29, 0.717) is 0 Å². The van der Waals surface area contributed by atoms with Gasteiger partial charge in [-0.05, 0) is 55.5 Å². The van der Waals surface area contributed by atoms with Gasteiger partial charge in [-0.1, -0.05) is 78.9 Å². The molecule has 10 atom stereocenters. The monoisotopic (exact) mass is 866 g/mol. The molecule has 0 aliphatic carbocycles. The van der Waals surface area contributed by atoms with Gasteiger partial charge in [-0.2, -0.15) is 0 Å². The van der Waals surface area contributed by atoms with Crippen molar-refractivity contribution in [3.05, 3.63) is 156 Å². The highest BCUT2D eigenvalue weighted by atomic mass is 16.8. The Bertz CT molecular complexity index is 2180. The van der Waals surface area contributed by atoms with Crippen LogP contribution in [0, 0.1) is 0 Å². The van der Waals surface area contributed by atoms with E-state index in [1.54, 1.807) is 72.8 Å². The SMILES string of the molecule is C=CCO[C@H]1O[C@H](COC(C)=O)[C@@H](OC(C)=O)[C@H](OC(=O)c2ccccc2)[C@H]1O[C@@H]1O[C@@H](C)[C@H](OC(=O)c2ccccc2)[C@@H](OC(=O)c2ccccc2)[C@H]1OC(=O)c1ccccc1. The quantitative estimate of drug-likeness (QED) is 0.0784. The highest BCUT2D eigenvalue weighted by molar-refractivity contribution is 5.91. The smallest absolute Gasteiger partial charge is 0.338 e. The number of benzene rings is 4. The molecule has 2 heterocycles. The summed E-state index contributed by atoms with van der Waals surface area (Å²) in [5.41, 5.74) is 0.480. The zero-order valence-corrected chi connectivity index (χ0v) is 34.6. The highest BCUT2D eigenvalue weighted by Gasteiger charge is 2.57. The minimum atomic E-state index is -1.75. The van der Waals surface area contributed by atoms with Gasteiger partial charge in [-0.15, -0.1) is 6.58 Å². The van der Waals surface area contributed by atoms with Crippen LogP contribution in [0.3, 0.4) is 0 Å². The Morgan fingerprint density at radius 2 is 0.921 bits per heavy atom. The van der Waals surface area contributed by atoms with Crippen molar-refractivity contribution in [2.75, 3.05) is 13.2 Å². The standard InChI is InChI=1S/C47H46O16/c1-5-26-54-46-40(39(61-44(52)33-22-14-8-15-23-33)37(57-30(4)49)35(58-46)27-55-29(3)48)63-47-41(62-45(53)34-24-16-9-17-25-34)38(60-43(51)32-20-12-7-13-21-32)36(28(2)56-47)59-42(50)31-18-10-6-11-19-31/h5-25,28,35-41,46-47H,1,26-27H2,2-4H3/t28-,35+,36-,37+,38+,39-,40+,41+,46-,47-/m0/s1. The number of carbonyl (C=O) groups is 6. The first-order valence-corrected chi connectivity index (χ1v) is 20.0. The molecule has 16 nitrogen and oxygen atoms in total. The number of hydrogen-bond acceptors (Lipinski definition) is 16. The summed E-state index contributed by atoms with van der Waals surface area (Å²) in [6, 6.07) is 31.8. The maximum atomic E-state index is 14.0. The van der Waals surface area contributed by atoms with E-state index in [0.717, 1.165) is 13.8 Å². The molecule has 4 aromatic carbocycles. The van der Waals surface area contributed by atoms with Gasteiger partial charge in [0.25, 0.3) is 0 Å². The Balaban J connectivity index is 1.46. The molecule has 0 radical (unpaired) electrons. The lowest BCUT2D eigenvalue weighted by atomic mass is 9.96. The second-order valence-electron chi connectivity index (χ2n) is 14.3. The summed E-state index contributed by atoms with van der Waals surface area (Å²) < 4.78 is 60.6. The molecular weight excluding hydrogens is 821 g/mol. The minimum Gasteiger partial charge on any atom is -0.463 e. The predicted octanol–water partition coefficient (Wildman–Crippen LogP) is 5.44. The average molecular weight is 867 g/mol. The lowest BCUT2D eigenvalue weighted by Gasteiger charge is -2.48. The fourth-order valence-electron chi connectivity index (χ4n) is 6.84. The Labute approximate surface area is 362 Å². The van der Waals surface area contributed by atoms with Crippen LogP contribution < -0.4 is 0 Å². The number of esters is 6. The van der Waals surface area contributed by atoms with E-state index in [-0.39, 0.29) is 28.9 Å². The number of carbonyl (C=O) groups excluding carboxylic acids is 6. The van der Waals surface area contributed by atoms with Crippen molar-refractivity contribution in [1.82, 2.24) is 0 Å². The Kier molecular flexibility index (Phi) is 15.9. The molecule has 2 aliphatic heterocycles. The van der Waals surface area contributed by atoms with Crippen LogP contribution in [-0.4, -0.2) is 110 Å². The third-order valence-electron chi connectivity index (χ3n) is 9.75. The molecule has 4 aromatic rings. The van der Waals surface area contributed by atoms with Gasteiger partial charge in [0.1, 0.15) is 12.7 Å². The third kappa shape index (κ3) is 12.0. The lowest BCUT2D eigenvalue weighted by molar-refractivity contribution is -0.361. The molecule has 0 aromatic heterocycles. The van der Waals surface area contributed by atoms with Crippen LogP contribution in [0.25, 0.3) is 0 Å². The van der Waals surface area contributed by atoms with Gasteiger partial charge in [0.2, 0.25) is 0 Å². The summed E-state index contributed by atoms with van der Waals surface area (Å²) >= 11 is 0. The largest absolute Gasteiger partial charge is 0.463 e. The molecule has 2 aliphatic rings. The van der Waals surface area contributed by atoms with Gasteiger partial charge in [0.05, 0.1) is 35.0 Å². The van der Waals surface area contributed by atoms with Gasteiger partial charge in [-0.25, -0.2) is 19.2 Å². The van der Waals surface area contributed by atoms with Gasteiger partial charge >= 0.3 is 35.8 Å². The van der Waals surface area contributed by atoms with E-state index in [1.807, 2.05) is 0 Å². The van der Waals surface area contributed by atoms with Gasteiger partial charge in [-0.3, -0.25) is 9.59 Å². The van der Waals surface area contributed by atoms with Crippen molar-refractivity contribution in [3.63, 3.8) is 0 Å². The molecule has 0 saturated carbocycles. The maximum Gasteiger partial charge on any atom is 0.338 e. The molecule has 330 valence electrons. The summed E-state index contributed by atoms with van der Waals surface area (Å²) in [6.45, 7) is 6.87. The Morgan fingerprint density at radius 3 is 1.33 bits per heavy atom. The summed E-state index contributed by atoms with van der Waals surface area (Å²) in [5, 5.41) is 0. The second-order valence-corrected chi connectivity index (χ2v) is 14.3. The zero-order valence-electron chi connectivity index (χ0n) is 34.6. The predicted molar refractivity (Wildman–Crippen MR) is 219 cm³/mol. The molecule has 0 spiro atoms. The normalized spacial score (nSPS) is 25.3. The van der Waals surface area contributed by atoms with Crippen molar-refractivity contribution in [2.24, 2.45) is 0 Å². The first-order valence-electron chi connectivity index (χ1n) is 20.0. The van der Waals surface area contributed by atoms with Crippen molar-refractivity contribution < 1.29 is 76.1 Å². The first-order chi connectivity index (χ1) is 30.4. The van der Waals surface area contributed by atoms with Crippen molar-refractivity contribution in [3.8, 4) is 0 Å². The molecule has 2 fully saturated rings. The van der Waals surface area contributed by atoms with Crippen molar-refractivity contribution in [1.29, 1.82) is 0 Å². The number of hydrogen-bond donors (Lipinski definition) is 0. The molecule has 0 bridgehead atoms. The molecule has 63 heavy (non-hydrogen) atoms.